The van der Waals surface area contributed by atoms with Gasteiger partial charge in [-0.1, -0.05) is 11.2 Å². The first-order chi connectivity index (χ1) is 8.06. The first kappa shape index (κ1) is 11.1. The molecule has 0 saturated heterocycles. The van der Waals surface area contributed by atoms with Gasteiger partial charge in [-0.05, 0) is 29.8 Å². The van der Waals surface area contributed by atoms with E-state index in [0.717, 1.165) is 5.56 Å². The van der Waals surface area contributed by atoms with Crippen LogP contribution in [0, 0.1) is 6.92 Å². The molecule has 1 amide bonds. The molecular weight excluding hydrogens is 220 g/mol. The number of hydrogen-bond acceptors (Lipinski definition) is 5. The highest BCUT2D eigenvalue weighted by molar-refractivity contribution is 6.06. The molecule has 1 aromatic heterocycles. The monoisotopic (exact) mass is 232 g/mol. The van der Waals surface area contributed by atoms with Gasteiger partial charge in [0.2, 0.25) is 0 Å². The third-order valence-corrected chi connectivity index (χ3v) is 2.19. The molecule has 7 nitrogen and oxygen atoms in total. The first-order valence-corrected chi connectivity index (χ1v) is 4.98. The lowest BCUT2D eigenvalue weighted by molar-refractivity contribution is 0.102. The van der Waals surface area contributed by atoms with Crippen molar-refractivity contribution in [3.63, 3.8) is 0 Å². The van der Waals surface area contributed by atoms with Gasteiger partial charge in [0.05, 0.1) is 12.6 Å². The highest BCUT2D eigenvalue weighted by Gasteiger charge is 2.12. The smallest absolute Gasteiger partial charge is 0.270 e. The highest BCUT2D eigenvalue weighted by atomic mass is 16.1. The van der Waals surface area contributed by atoms with Crippen LogP contribution in [0.1, 0.15) is 15.9 Å². The number of benzene rings is 1. The summed E-state index contributed by atoms with van der Waals surface area (Å²) in [5, 5.41) is 13.6. The number of hydrogen-bond donors (Lipinski definition) is 2. The Kier molecular flexibility index (Phi) is 2.73. The van der Waals surface area contributed by atoms with E-state index in [2.05, 4.69) is 20.7 Å². The topological polar surface area (TPSA) is 98.7 Å². The number of carbonyl (C=O) groups is 1. The fourth-order valence-corrected chi connectivity index (χ4v) is 1.39. The number of carbonyl (C=O) groups excluding carboxylic acids is 1. The van der Waals surface area contributed by atoms with Crippen molar-refractivity contribution in [1.82, 2.24) is 20.2 Å². The first-order valence-electron chi connectivity index (χ1n) is 4.98. The van der Waals surface area contributed by atoms with Gasteiger partial charge < -0.3 is 5.73 Å². The largest absolute Gasteiger partial charge is 0.398 e. The number of nitrogens with two attached hydrogens (primary N) is 1. The predicted octanol–water partition coefficient (Wildman–Crippen LogP) is 0.353. The van der Waals surface area contributed by atoms with Crippen molar-refractivity contribution < 1.29 is 4.79 Å². The lowest BCUT2D eigenvalue weighted by Crippen LogP contribution is -2.15. The summed E-state index contributed by atoms with van der Waals surface area (Å²) in [6.07, 6.45) is 0. The summed E-state index contributed by atoms with van der Waals surface area (Å²) in [6.45, 7) is 1.91. The summed E-state index contributed by atoms with van der Waals surface area (Å²) in [4.78, 5) is 13.1. The molecule has 0 bridgehead atoms. The fourth-order valence-electron chi connectivity index (χ4n) is 1.39. The van der Waals surface area contributed by atoms with Crippen LogP contribution >= 0.6 is 0 Å². The molecule has 2 aromatic rings. The molecule has 0 aliphatic carbocycles. The predicted molar refractivity (Wildman–Crippen MR) is 62.3 cm³/mol. The molecule has 1 heterocycles. The molecule has 0 aliphatic rings. The van der Waals surface area contributed by atoms with Crippen molar-refractivity contribution in [1.29, 1.82) is 0 Å². The zero-order chi connectivity index (χ0) is 12.4. The summed E-state index contributed by atoms with van der Waals surface area (Å²) >= 11 is 0. The highest BCUT2D eigenvalue weighted by Crippen LogP contribution is 2.14. The molecule has 2 rings (SSSR count). The number of tetrazole rings is 1. The number of nitrogen functional groups attached to an aromatic ring is 1. The Morgan fingerprint density at radius 3 is 2.82 bits per heavy atom. The summed E-state index contributed by atoms with van der Waals surface area (Å²) in [7, 11) is 1.61. The van der Waals surface area contributed by atoms with Gasteiger partial charge in [-0.3, -0.25) is 10.1 Å². The third-order valence-electron chi connectivity index (χ3n) is 2.19. The minimum atomic E-state index is -0.351. The number of nitrogens with zero attached hydrogens (tertiary/aromatic N) is 4. The average Bonchev–Trinajstić information content (AvgIpc) is 2.63. The second-order valence-corrected chi connectivity index (χ2v) is 3.65. The minimum Gasteiger partial charge on any atom is -0.398 e. The number of amides is 1. The SMILES string of the molecule is Cc1ccc(C(=O)Nc2nnn(C)n2)c(N)c1. The van der Waals surface area contributed by atoms with Crippen LogP contribution in [0.5, 0.6) is 0 Å². The van der Waals surface area contributed by atoms with Crippen molar-refractivity contribution in [3.8, 4) is 0 Å². The second-order valence-electron chi connectivity index (χ2n) is 3.65. The maximum absolute atomic E-state index is 11.8. The van der Waals surface area contributed by atoms with E-state index in [0.29, 0.717) is 11.3 Å². The molecule has 0 unspecified atom stereocenters. The van der Waals surface area contributed by atoms with Crippen molar-refractivity contribution in [2.24, 2.45) is 7.05 Å². The second kappa shape index (κ2) is 4.20. The quantitative estimate of drug-likeness (QED) is 0.728. The number of aromatic nitrogens is 4. The number of rotatable bonds is 2. The van der Waals surface area contributed by atoms with Gasteiger partial charge in [0.1, 0.15) is 0 Å². The number of anilines is 2. The summed E-state index contributed by atoms with van der Waals surface area (Å²) < 4.78 is 0. The maximum atomic E-state index is 11.8. The van der Waals surface area contributed by atoms with E-state index in [9.17, 15) is 4.79 Å². The van der Waals surface area contributed by atoms with E-state index in [4.69, 9.17) is 5.73 Å². The summed E-state index contributed by atoms with van der Waals surface area (Å²) in [5.74, 6) is -0.201. The van der Waals surface area contributed by atoms with E-state index in [-0.39, 0.29) is 11.9 Å². The lowest BCUT2D eigenvalue weighted by atomic mass is 10.1. The van der Waals surface area contributed by atoms with Crippen LogP contribution in [0.2, 0.25) is 0 Å². The van der Waals surface area contributed by atoms with Gasteiger partial charge >= 0.3 is 0 Å². The number of aryl methyl sites for hydroxylation is 2. The van der Waals surface area contributed by atoms with Gasteiger partial charge in [0.15, 0.2) is 0 Å². The van der Waals surface area contributed by atoms with Crippen LogP contribution in [0.4, 0.5) is 11.6 Å². The van der Waals surface area contributed by atoms with Crippen LogP contribution in [0.25, 0.3) is 0 Å². The van der Waals surface area contributed by atoms with Crippen LogP contribution in [-0.2, 0) is 7.05 Å². The molecule has 0 fully saturated rings. The Labute approximate surface area is 97.6 Å². The molecule has 0 radical (unpaired) electrons. The maximum Gasteiger partial charge on any atom is 0.270 e. The van der Waals surface area contributed by atoms with E-state index >= 15 is 0 Å². The average molecular weight is 232 g/mol. The van der Waals surface area contributed by atoms with E-state index < -0.39 is 0 Å². The van der Waals surface area contributed by atoms with Gasteiger partial charge in [0, 0.05) is 5.69 Å². The molecule has 7 heteroatoms. The Hall–Kier alpha value is -2.44. The minimum absolute atomic E-state index is 0.150. The normalized spacial score (nSPS) is 10.2. The molecule has 0 saturated carbocycles. The van der Waals surface area contributed by atoms with Gasteiger partial charge in [0.25, 0.3) is 11.9 Å². The van der Waals surface area contributed by atoms with Crippen molar-refractivity contribution in [2.75, 3.05) is 11.1 Å². The Morgan fingerprint density at radius 1 is 1.47 bits per heavy atom. The van der Waals surface area contributed by atoms with Crippen LogP contribution < -0.4 is 11.1 Å². The van der Waals surface area contributed by atoms with Crippen molar-refractivity contribution >= 4 is 17.5 Å². The molecule has 0 atom stereocenters. The van der Waals surface area contributed by atoms with Gasteiger partial charge in [-0.25, -0.2) is 0 Å². The Bertz CT molecular complexity index is 562. The molecule has 0 aliphatic heterocycles. The lowest BCUT2D eigenvalue weighted by Gasteiger charge is -2.05. The third kappa shape index (κ3) is 2.39. The molecule has 3 N–H and O–H groups in total. The van der Waals surface area contributed by atoms with Gasteiger partial charge in [-0.15, -0.1) is 5.10 Å². The number of nitrogens with one attached hydrogen (secondary N) is 1. The molecule has 88 valence electrons. The summed E-state index contributed by atoms with van der Waals surface area (Å²) in [6, 6.07) is 5.21. The van der Waals surface area contributed by atoms with E-state index in [1.807, 2.05) is 13.0 Å². The Balaban J connectivity index is 2.20. The standard InChI is InChI=1S/C10H12N6O/c1-6-3-4-7(8(11)5-6)9(17)12-10-13-15-16(2)14-10/h3-5H,11H2,1-2H3,(H,12,14,17). The van der Waals surface area contributed by atoms with Crippen molar-refractivity contribution in [3.05, 3.63) is 29.3 Å². The van der Waals surface area contributed by atoms with Crippen molar-refractivity contribution in [2.45, 2.75) is 6.92 Å². The van der Waals surface area contributed by atoms with Gasteiger partial charge in [-0.2, -0.15) is 4.80 Å². The van der Waals surface area contributed by atoms with Crippen LogP contribution in [0.3, 0.4) is 0 Å². The fraction of sp³-hybridized carbons (Fsp3) is 0.200. The summed E-state index contributed by atoms with van der Waals surface area (Å²) in [5.41, 5.74) is 7.57. The Morgan fingerprint density at radius 2 is 2.24 bits per heavy atom. The van der Waals surface area contributed by atoms with Crippen LogP contribution in [0.15, 0.2) is 18.2 Å². The molecule has 0 spiro atoms. The molecule has 17 heavy (non-hydrogen) atoms. The zero-order valence-corrected chi connectivity index (χ0v) is 9.51. The van der Waals surface area contributed by atoms with E-state index in [1.165, 1.54) is 4.80 Å². The van der Waals surface area contributed by atoms with E-state index in [1.54, 1.807) is 19.2 Å². The van der Waals surface area contributed by atoms with Crippen LogP contribution in [-0.4, -0.2) is 26.1 Å². The molecular formula is C10H12N6O. The molecule has 1 aromatic carbocycles. The zero-order valence-electron chi connectivity index (χ0n) is 9.51.